The number of rotatable bonds is 0. The predicted octanol–water partition coefficient (Wildman–Crippen LogP) is 2.31. The first-order valence-electron chi connectivity index (χ1n) is 3.67. The van der Waals surface area contributed by atoms with E-state index in [1.54, 1.807) is 28.2 Å². The molecule has 0 radical (unpaired) electrons. The van der Waals surface area contributed by atoms with Crippen molar-refractivity contribution in [2.24, 2.45) is 0 Å². The monoisotopic (exact) mass is 206 g/mol. The number of nitrogens with zero attached hydrogens (tertiary/aromatic N) is 2. The molecule has 2 heterocycles. The molecule has 0 aliphatic heterocycles. The van der Waals surface area contributed by atoms with Crippen LogP contribution in [0.2, 0.25) is 0 Å². The van der Waals surface area contributed by atoms with Crippen LogP contribution in [0.4, 0.5) is 0 Å². The average molecular weight is 206 g/mol. The molecule has 0 N–H and O–H groups in total. The van der Waals surface area contributed by atoms with Crippen LogP contribution < -0.4 is 0 Å². The zero-order valence-corrected chi connectivity index (χ0v) is 8.58. The molecule has 0 aliphatic carbocycles. The lowest BCUT2D eigenvalue weighted by molar-refractivity contribution is 1.27. The highest BCUT2D eigenvalue weighted by molar-refractivity contribution is 7.09. The fourth-order valence-corrected chi connectivity index (χ4v) is 1.85. The standard InChI is InChI=1S/C9H6N2S2/c1-7-11-9(5-13-7)3-2-8-4-12-6-10-8/h4-6H,1H3. The number of hydrogen-bond donors (Lipinski definition) is 0. The van der Waals surface area contributed by atoms with Crippen molar-refractivity contribution in [2.45, 2.75) is 6.92 Å². The minimum Gasteiger partial charge on any atom is -0.236 e. The van der Waals surface area contributed by atoms with E-state index in [9.17, 15) is 0 Å². The highest BCUT2D eigenvalue weighted by Crippen LogP contribution is 2.06. The topological polar surface area (TPSA) is 25.8 Å². The Bertz CT molecular complexity index is 445. The van der Waals surface area contributed by atoms with Crippen LogP contribution in [0.5, 0.6) is 0 Å². The average Bonchev–Trinajstić information content (AvgIpc) is 2.71. The molecular formula is C9H6N2S2. The fraction of sp³-hybridized carbons (Fsp3) is 0.111. The van der Waals surface area contributed by atoms with Crippen molar-refractivity contribution < 1.29 is 0 Å². The van der Waals surface area contributed by atoms with E-state index < -0.39 is 0 Å². The second kappa shape index (κ2) is 3.69. The Balaban J connectivity index is 2.22. The highest BCUT2D eigenvalue weighted by Gasteiger charge is 1.92. The molecular weight excluding hydrogens is 200 g/mol. The van der Waals surface area contributed by atoms with Crippen molar-refractivity contribution in [2.75, 3.05) is 0 Å². The molecule has 0 aliphatic rings. The van der Waals surface area contributed by atoms with Crippen LogP contribution in [0.1, 0.15) is 16.4 Å². The third-order valence-corrected chi connectivity index (χ3v) is 2.73. The lowest BCUT2D eigenvalue weighted by Crippen LogP contribution is -1.75. The van der Waals surface area contributed by atoms with E-state index in [1.165, 1.54) is 0 Å². The van der Waals surface area contributed by atoms with Gasteiger partial charge in [0, 0.05) is 10.8 Å². The van der Waals surface area contributed by atoms with Gasteiger partial charge in [0.25, 0.3) is 0 Å². The highest BCUT2D eigenvalue weighted by atomic mass is 32.1. The van der Waals surface area contributed by atoms with E-state index in [2.05, 4.69) is 21.8 Å². The normalized spacial score (nSPS) is 9.31. The molecule has 2 rings (SSSR count). The predicted molar refractivity (Wildman–Crippen MR) is 54.9 cm³/mol. The SMILES string of the molecule is Cc1nc(C#Cc2cscn2)cs1. The van der Waals surface area contributed by atoms with E-state index in [-0.39, 0.29) is 0 Å². The van der Waals surface area contributed by atoms with Gasteiger partial charge in [0.2, 0.25) is 0 Å². The summed E-state index contributed by atoms with van der Waals surface area (Å²) in [6, 6.07) is 0. The number of hydrogen-bond acceptors (Lipinski definition) is 4. The van der Waals surface area contributed by atoms with Crippen molar-refractivity contribution in [3.8, 4) is 11.8 Å². The maximum atomic E-state index is 4.23. The Morgan fingerprint density at radius 2 is 2.08 bits per heavy atom. The quantitative estimate of drug-likeness (QED) is 0.618. The van der Waals surface area contributed by atoms with Crippen LogP contribution in [-0.2, 0) is 0 Å². The summed E-state index contributed by atoms with van der Waals surface area (Å²) in [6.07, 6.45) is 0. The van der Waals surface area contributed by atoms with E-state index >= 15 is 0 Å². The zero-order chi connectivity index (χ0) is 9.10. The van der Waals surface area contributed by atoms with Crippen LogP contribution >= 0.6 is 22.7 Å². The summed E-state index contributed by atoms with van der Waals surface area (Å²) < 4.78 is 0. The smallest absolute Gasteiger partial charge is 0.124 e. The Morgan fingerprint density at radius 3 is 2.69 bits per heavy atom. The van der Waals surface area contributed by atoms with Gasteiger partial charge in [-0.25, -0.2) is 9.97 Å². The zero-order valence-electron chi connectivity index (χ0n) is 6.94. The van der Waals surface area contributed by atoms with E-state index in [0.29, 0.717) is 0 Å². The van der Waals surface area contributed by atoms with Gasteiger partial charge in [-0.15, -0.1) is 22.7 Å². The van der Waals surface area contributed by atoms with Gasteiger partial charge in [0.15, 0.2) is 0 Å². The molecule has 2 aromatic heterocycles. The number of thiazole rings is 2. The molecule has 0 spiro atoms. The van der Waals surface area contributed by atoms with Crippen LogP contribution in [0.3, 0.4) is 0 Å². The minimum absolute atomic E-state index is 0.815. The molecule has 0 amide bonds. The lowest BCUT2D eigenvalue weighted by atomic mass is 10.4. The molecule has 0 saturated carbocycles. The first kappa shape index (κ1) is 8.42. The summed E-state index contributed by atoms with van der Waals surface area (Å²) in [5.41, 5.74) is 3.42. The van der Waals surface area contributed by atoms with Gasteiger partial charge in [-0.1, -0.05) is 0 Å². The molecule has 2 aromatic rings. The van der Waals surface area contributed by atoms with Gasteiger partial charge < -0.3 is 0 Å². The fourth-order valence-electron chi connectivity index (χ4n) is 0.823. The summed E-state index contributed by atoms with van der Waals surface area (Å²) in [6.45, 7) is 1.97. The summed E-state index contributed by atoms with van der Waals surface area (Å²) in [5, 5.41) is 4.92. The Morgan fingerprint density at radius 1 is 1.23 bits per heavy atom. The van der Waals surface area contributed by atoms with Crippen molar-refractivity contribution in [3.63, 3.8) is 0 Å². The first-order chi connectivity index (χ1) is 6.34. The van der Waals surface area contributed by atoms with Gasteiger partial charge in [0.1, 0.15) is 11.4 Å². The number of aryl methyl sites for hydroxylation is 1. The molecule has 4 heteroatoms. The first-order valence-corrected chi connectivity index (χ1v) is 5.49. The van der Waals surface area contributed by atoms with Crippen molar-refractivity contribution in [1.29, 1.82) is 0 Å². The van der Waals surface area contributed by atoms with E-state index in [4.69, 9.17) is 0 Å². The van der Waals surface area contributed by atoms with Crippen molar-refractivity contribution >= 4 is 22.7 Å². The largest absolute Gasteiger partial charge is 0.236 e. The van der Waals surface area contributed by atoms with Crippen LogP contribution in [-0.4, -0.2) is 9.97 Å². The van der Waals surface area contributed by atoms with Crippen LogP contribution in [0.15, 0.2) is 16.3 Å². The van der Waals surface area contributed by atoms with Gasteiger partial charge >= 0.3 is 0 Å². The minimum atomic E-state index is 0.815. The Hall–Kier alpha value is -1.18. The Labute approximate surface area is 84.3 Å². The molecule has 64 valence electrons. The van der Waals surface area contributed by atoms with Crippen LogP contribution in [0.25, 0.3) is 0 Å². The summed E-state index contributed by atoms with van der Waals surface area (Å²) in [4.78, 5) is 8.29. The Kier molecular flexibility index (Phi) is 2.39. The summed E-state index contributed by atoms with van der Waals surface area (Å²) >= 11 is 3.16. The van der Waals surface area contributed by atoms with Gasteiger partial charge in [-0.05, 0) is 18.8 Å². The van der Waals surface area contributed by atoms with Crippen LogP contribution in [0, 0.1) is 18.8 Å². The summed E-state index contributed by atoms with van der Waals surface area (Å²) in [7, 11) is 0. The van der Waals surface area contributed by atoms with Gasteiger partial charge in [-0.3, -0.25) is 0 Å². The molecule has 0 fully saturated rings. The molecule has 2 nitrogen and oxygen atoms in total. The maximum absolute atomic E-state index is 4.23. The van der Waals surface area contributed by atoms with Crippen molar-refractivity contribution in [1.82, 2.24) is 9.97 Å². The molecule has 0 bridgehead atoms. The van der Waals surface area contributed by atoms with Gasteiger partial charge in [0.05, 0.1) is 10.5 Å². The molecule has 0 unspecified atom stereocenters. The second-order valence-electron chi connectivity index (χ2n) is 2.38. The molecule has 13 heavy (non-hydrogen) atoms. The summed E-state index contributed by atoms with van der Waals surface area (Å²) in [5.74, 6) is 5.91. The lowest BCUT2D eigenvalue weighted by Gasteiger charge is -1.76. The molecule has 0 atom stereocenters. The molecule has 0 saturated heterocycles. The van der Waals surface area contributed by atoms with E-state index in [1.807, 2.05) is 17.7 Å². The van der Waals surface area contributed by atoms with Crippen molar-refractivity contribution in [3.05, 3.63) is 32.7 Å². The number of aromatic nitrogens is 2. The maximum Gasteiger partial charge on any atom is 0.124 e. The third kappa shape index (κ3) is 2.14. The molecule has 0 aromatic carbocycles. The third-order valence-electron chi connectivity index (χ3n) is 1.37. The van der Waals surface area contributed by atoms with Gasteiger partial charge in [-0.2, -0.15) is 0 Å². The van der Waals surface area contributed by atoms with E-state index in [0.717, 1.165) is 16.4 Å². The second-order valence-corrected chi connectivity index (χ2v) is 4.16.